The summed E-state index contributed by atoms with van der Waals surface area (Å²) < 4.78 is 3.03. The summed E-state index contributed by atoms with van der Waals surface area (Å²) in [5.41, 5.74) is 2.77. The molecule has 1 fully saturated rings. The van der Waals surface area contributed by atoms with E-state index in [9.17, 15) is 4.79 Å². The maximum Gasteiger partial charge on any atom is 0.253 e. The molecule has 0 bridgehead atoms. The van der Waals surface area contributed by atoms with E-state index in [2.05, 4.69) is 23.3 Å². The van der Waals surface area contributed by atoms with Gasteiger partial charge in [-0.2, -0.15) is 5.10 Å². The van der Waals surface area contributed by atoms with Crippen molar-refractivity contribution in [1.82, 2.24) is 19.7 Å². The Balaban J connectivity index is 1.25. The van der Waals surface area contributed by atoms with E-state index in [1.807, 2.05) is 47.5 Å². The van der Waals surface area contributed by atoms with Crippen molar-refractivity contribution in [2.75, 3.05) is 13.1 Å². The average Bonchev–Trinajstić information content (AvgIpc) is 3.43. The number of hydrogen-bond donors (Lipinski definition) is 0. The smallest absolute Gasteiger partial charge is 0.253 e. The van der Waals surface area contributed by atoms with Gasteiger partial charge >= 0.3 is 0 Å². The van der Waals surface area contributed by atoms with Crippen molar-refractivity contribution in [2.24, 2.45) is 0 Å². The predicted molar refractivity (Wildman–Crippen MR) is 111 cm³/mol. The zero-order valence-corrected chi connectivity index (χ0v) is 16.2. The lowest BCUT2D eigenvalue weighted by atomic mass is 9.97. The second-order valence-corrected chi connectivity index (χ2v) is 8.15. The Hall–Kier alpha value is -2.99. The van der Waals surface area contributed by atoms with Gasteiger partial charge in [0.1, 0.15) is 0 Å². The Bertz CT molecular complexity index is 1060. The number of aromatic nitrogens is 3. The van der Waals surface area contributed by atoms with Crippen LogP contribution in [0.3, 0.4) is 0 Å². The van der Waals surface area contributed by atoms with Crippen LogP contribution in [0.25, 0.3) is 15.9 Å². The van der Waals surface area contributed by atoms with Crippen molar-refractivity contribution < 1.29 is 4.79 Å². The standard InChI is InChI=1S/C22H20N4OS/c27-22(17-6-8-18(9-7-17)26-13-3-12-23-26)25-14-10-16(11-15-25)21-24-19-4-1-2-5-20(19)28-21/h1-9,12-13,16H,10-11,14-15H2. The number of piperidine rings is 1. The second kappa shape index (κ2) is 7.20. The molecule has 0 spiro atoms. The molecule has 0 atom stereocenters. The summed E-state index contributed by atoms with van der Waals surface area (Å²) in [5, 5.41) is 5.43. The molecule has 0 radical (unpaired) electrons. The lowest BCUT2D eigenvalue weighted by molar-refractivity contribution is 0.0713. The minimum absolute atomic E-state index is 0.106. The maximum absolute atomic E-state index is 12.9. The first-order chi connectivity index (χ1) is 13.8. The first-order valence-corrected chi connectivity index (χ1v) is 10.3. The summed E-state index contributed by atoms with van der Waals surface area (Å²) in [6.07, 6.45) is 5.58. The number of carbonyl (C=O) groups excluding carboxylic acids is 1. The van der Waals surface area contributed by atoms with Crippen LogP contribution in [-0.2, 0) is 0 Å². The van der Waals surface area contributed by atoms with Gasteiger partial charge in [0.2, 0.25) is 0 Å². The summed E-state index contributed by atoms with van der Waals surface area (Å²) >= 11 is 1.79. The molecule has 5 nitrogen and oxygen atoms in total. The van der Waals surface area contributed by atoms with Crippen LogP contribution in [0, 0.1) is 0 Å². The third-order valence-corrected chi connectivity index (χ3v) is 6.52. The summed E-state index contributed by atoms with van der Waals surface area (Å²) in [6.45, 7) is 1.56. The maximum atomic E-state index is 12.9. The molecule has 3 heterocycles. The fourth-order valence-corrected chi connectivity index (χ4v) is 4.89. The highest BCUT2D eigenvalue weighted by atomic mass is 32.1. The van der Waals surface area contributed by atoms with Gasteiger partial charge < -0.3 is 4.90 Å². The Morgan fingerprint density at radius 3 is 2.50 bits per heavy atom. The molecule has 2 aromatic heterocycles. The van der Waals surface area contributed by atoms with E-state index in [1.165, 1.54) is 9.71 Å². The molecule has 2 aromatic carbocycles. The predicted octanol–water partition coefficient (Wildman–Crippen LogP) is 4.50. The van der Waals surface area contributed by atoms with Crippen molar-refractivity contribution >= 4 is 27.5 Å². The van der Waals surface area contributed by atoms with Crippen molar-refractivity contribution in [3.8, 4) is 5.69 Å². The Morgan fingerprint density at radius 1 is 1.00 bits per heavy atom. The third kappa shape index (κ3) is 3.20. The van der Waals surface area contributed by atoms with Crippen LogP contribution >= 0.6 is 11.3 Å². The third-order valence-electron chi connectivity index (χ3n) is 5.33. The topological polar surface area (TPSA) is 51.0 Å². The van der Waals surface area contributed by atoms with E-state index < -0.39 is 0 Å². The molecule has 0 unspecified atom stereocenters. The zero-order valence-electron chi connectivity index (χ0n) is 15.4. The van der Waals surface area contributed by atoms with Crippen molar-refractivity contribution in [3.05, 3.63) is 77.6 Å². The number of amides is 1. The highest BCUT2D eigenvalue weighted by Crippen LogP contribution is 2.34. The highest BCUT2D eigenvalue weighted by molar-refractivity contribution is 7.18. The molecule has 0 saturated carbocycles. The largest absolute Gasteiger partial charge is 0.339 e. The quantitative estimate of drug-likeness (QED) is 0.519. The van der Waals surface area contributed by atoms with E-state index in [4.69, 9.17) is 4.98 Å². The number of fused-ring (bicyclic) bond motifs is 1. The molecule has 4 aromatic rings. The molecular formula is C22H20N4OS. The number of thiazole rings is 1. The number of rotatable bonds is 3. The van der Waals surface area contributed by atoms with Gasteiger partial charge in [0.15, 0.2) is 0 Å². The van der Waals surface area contributed by atoms with E-state index in [1.54, 1.807) is 22.2 Å². The monoisotopic (exact) mass is 388 g/mol. The molecule has 0 aliphatic carbocycles. The minimum atomic E-state index is 0.106. The van der Waals surface area contributed by atoms with Crippen LogP contribution in [0.2, 0.25) is 0 Å². The molecule has 1 aliphatic heterocycles. The van der Waals surface area contributed by atoms with Gasteiger partial charge in [-0.25, -0.2) is 9.67 Å². The Kier molecular flexibility index (Phi) is 4.41. The second-order valence-electron chi connectivity index (χ2n) is 7.08. The van der Waals surface area contributed by atoms with Crippen LogP contribution in [0.5, 0.6) is 0 Å². The van der Waals surface area contributed by atoms with Crippen molar-refractivity contribution in [2.45, 2.75) is 18.8 Å². The van der Waals surface area contributed by atoms with E-state index in [-0.39, 0.29) is 5.91 Å². The molecule has 28 heavy (non-hydrogen) atoms. The number of para-hydroxylation sites is 1. The van der Waals surface area contributed by atoms with E-state index >= 15 is 0 Å². The molecule has 6 heteroatoms. The number of carbonyl (C=O) groups is 1. The Labute approximate surface area is 167 Å². The zero-order chi connectivity index (χ0) is 18.9. The number of hydrogen-bond acceptors (Lipinski definition) is 4. The van der Waals surface area contributed by atoms with Crippen LogP contribution < -0.4 is 0 Å². The van der Waals surface area contributed by atoms with Crippen molar-refractivity contribution in [1.29, 1.82) is 0 Å². The fraction of sp³-hybridized carbons (Fsp3) is 0.227. The first kappa shape index (κ1) is 17.1. The van der Waals surface area contributed by atoms with Gasteiger partial charge in [-0.15, -0.1) is 11.3 Å². The summed E-state index contributed by atoms with van der Waals surface area (Å²) in [7, 11) is 0. The van der Waals surface area contributed by atoms with E-state index in [0.717, 1.165) is 42.7 Å². The van der Waals surface area contributed by atoms with Gasteiger partial charge in [0.25, 0.3) is 5.91 Å². The summed E-state index contributed by atoms with van der Waals surface area (Å²) in [4.78, 5) is 19.6. The average molecular weight is 388 g/mol. The molecular weight excluding hydrogens is 368 g/mol. The van der Waals surface area contributed by atoms with Crippen LogP contribution in [-0.4, -0.2) is 38.7 Å². The fourth-order valence-electron chi connectivity index (χ4n) is 3.76. The lowest BCUT2D eigenvalue weighted by Crippen LogP contribution is -2.37. The first-order valence-electron chi connectivity index (χ1n) is 9.53. The number of benzene rings is 2. The van der Waals surface area contributed by atoms with Gasteiger partial charge in [0.05, 0.1) is 20.9 Å². The summed E-state index contributed by atoms with van der Waals surface area (Å²) in [5.74, 6) is 0.554. The van der Waals surface area contributed by atoms with Gasteiger partial charge in [-0.05, 0) is 55.3 Å². The molecule has 140 valence electrons. The summed E-state index contributed by atoms with van der Waals surface area (Å²) in [6, 6.07) is 17.8. The molecule has 1 saturated heterocycles. The highest BCUT2D eigenvalue weighted by Gasteiger charge is 2.26. The van der Waals surface area contributed by atoms with Crippen LogP contribution in [0.4, 0.5) is 0 Å². The van der Waals surface area contributed by atoms with Crippen LogP contribution in [0.15, 0.2) is 67.0 Å². The van der Waals surface area contributed by atoms with Gasteiger partial charge in [0, 0.05) is 37.0 Å². The molecule has 5 rings (SSSR count). The van der Waals surface area contributed by atoms with Crippen LogP contribution in [0.1, 0.15) is 34.1 Å². The minimum Gasteiger partial charge on any atom is -0.339 e. The molecule has 1 aliphatic rings. The number of likely N-dealkylation sites (tertiary alicyclic amines) is 1. The SMILES string of the molecule is O=C(c1ccc(-n2cccn2)cc1)N1CCC(c2nc3ccccc3s2)CC1. The van der Waals surface area contributed by atoms with Gasteiger partial charge in [-0.3, -0.25) is 4.79 Å². The van der Waals surface area contributed by atoms with E-state index in [0.29, 0.717) is 5.92 Å². The molecule has 1 amide bonds. The Morgan fingerprint density at radius 2 is 1.79 bits per heavy atom. The van der Waals surface area contributed by atoms with Crippen molar-refractivity contribution in [3.63, 3.8) is 0 Å². The van der Waals surface area contributed by atoms with Gasteiger partial charge in [-0.1, -0.05) is 12.1 Å². The normalized spacial score (nSPS) is 15.2. The lowest BCUT2D eigenvalue weighted by Gasteiger charge is -2.31. The molecule has 0 N–H and O–H groups in total. The number of nitrogens with zero attached hydrogens (tertiary/aromatic N) is 4.